The molecule has 4 aliphatic heterocycles. The third-order valence-electron chi connectivity index (χ3n) is 9.87. The number of benzene rings is 2. The van der Waals surface area contributed by atoms with Gasteiger partial charge in [0.15, 0.2) is 0 Å². The van der Waals surface area contributed by atoms with Gasteiger partial charge in [0, 0.05) is 83.2 Å². The lowest BCUT2D eigenvalue weighted by Crippen LogP contribution is -2.59. The van der Waals surface area contributed by atoms with Crippen LogP contribution in [0.3, 0.4) is 0 Å². The van der Waals surface area contributed by atoms with Crippen LogP contribution in [0.5, 0.6) is 5.75 Å². The Morgan fingerprint density at radius 1 is 0.957 bits per heavy atom. The van der Waals surface area contributed by atoms with Gasteiger partial charge < -0.3 is 34.8 Å². The number of carbonyl (C=O) groups is 4. The van der Waals surface area contributed by atoms with E-state index in [9.17, 15) is 19.2 Å². The Kier molecular flexibility index (Phi) is 10.9. The van der Waals surface area contributed by atoms with E-state index in [2.05, 4.69) is 31.5 Å². The van der Waals surface area contributed by atoms with Crippen molar-refractivity contribution in [2.45, 2.75) is 56.7 Å². The highest BCUT2D eigenvalue weighted by Crippen LogP contribution is 2.27. The van der Waals surface area contributed by atoms with E-state index in [1.54, 1.807) is 17.0 Å². The van der Waals surface area contributed by atoms with E-state index in [0.29, 0.717) is 68.3 Å². The van der Waals surface area contributed by atoms with Crippen molar-refractivity contribution in [1.82, 2.24) is 24.9 Å². The molecule has 0 radical (unpaired) electrons. The topological polar surface area (TPSA) is 124 Å². The van der Waals surface area contributed by atoms with Crippen LogP contribution in [-0.2, 0) is 27.2 Å². The van der Waals surface area contributed by atoms with E-state index in [4.69, 9.17) is 9.47 Å². The average molecular weight is 712 g/mol. The smallest absolute Gasteiger partial charge is 0.322 e. The molecule has 6 rings (SSSR count). The molecule has 0 spiro atoms. The predicted molar refractivity (Wildman–Crippen MR) is 179 cm³/mol. The lowest BCUT2D eigenvalue weighted by molar-refractivity contribution is -0.135. The third-order valence-corrected chi connectivity index (χ3v) is 10.5. The van der Waals surface area contributed by atoms with Crippen LogP contribution in [0.1, 0.15) is 36.8 Å². The maximum Gasteiger partial charge on any atom is 0.322 e. The summed E-state index contributed by atoms with van der Waals surface area (Å²) in [5.41, 5.74) is 2.80. The Bertz CT molecular complexity index is 1440. The lowest BCUT2D eigenvalue weighted by atomic mass is 10.0. The summed E-state index contributed by atoms with van der Waals surface area (Å²) in [5.74, 6) is 0.273. The minimum Gasteiger partial charge on any atom is -0.428 e. The summed E-state index contributed by atoms with van der Waals surface area (Å²) in [7, 11) is 0. The normalized spacial score (nSPS) is 20.5. The second-order valence-electron chi connectivity index (χ2n) is 12.6. The number of piperidine rings is 1. The second kappa shape index (κ2) is 15.5. The van der Waals surface area contributed by atoms with Gasteiger partial charge in [-0.15, -0.1) is 0 Å². The first-order chi connectivity index (χ1) is 22.9. The van der Waals surface area contributed by atoms with Crippen molar-refractivity contribution in [2.24, 2.45) is 0 Å². The Labute approximate surface area is 283 Å². The summed E-state index contributed by atoms with van der Waals surface area (Å²) in [6.07, 6.45) is 4.41. The zero-order valence-corrected chi connectivity index (χ0v) is 28.2. The molecule has 3 saturated heterocycles. The molecular formula is C34H43BrN6O6. The summed E-state index contributed by atoms with van der Waals surface area (Å²) in [6, 6.07) is 12.5. The first kappa shape index (κ1) is 33.2. The quantitative estimate of drug-likeness (QED) is 0.402. The highest BCUT2D eigenvalue weighted by atomic mass is 79.9. The van der Waals surface area contributed by atoms with Crippen LogP contribution in [0, 0.1) is 0 Å². The highest BCUT2D eigenvalue weighted by molar-refractivity contribution is 9.10. The van der Waals surface area contributed by atoms with Gasteiger partial charge in [0.25, 0.3) is 6.47 Å². The summed E-state index contributed by atoms with van der Waals surface area (Å²) in [5, 5.41) is 6.11. The monoisotopic (exact) mass is 710 g/mol. The molecule has 252 valence electrons. The Hall–Kier alpha value is -3.68. The van der Waals surface area contributed by atoms with Gasteiger partial charge in [-0.25, -0.2) is 9.59 Å². The van der Waals surface area contributed by atoms with Crippen molar-refractivity contribution < 1.29 is 28.7 Å². The molecule has 3 fully saturated rings. The summed E-state index contributed by atoms with van der Waals surface area (Å²) >= 11 is 3.44. The molecule has 13 heteroatoms. The Morgan fingerprint density at radius 3 is 2.43 bits per heavy atom. The number of nitrogens with zero attached hydrogens (tertiary/aromatic N) is 4. The second-order valence-corrected chi connectivity index (χ2v) is 13.5. The van der Waals surface area contributed by atoms with Crippen molar-refractivity contribution >= 4 is 46.1 Å². The Morgan fingerprint density at radius 2 is 1.70 bits per heavy atom. The van der Waals surface area contributed by atoms with E-state index in [0.717, 1.165) is 62.4 Å². The van der Waals surface area contributed by atoms with Gasteiger partial charge in [-0.1, -0.05) is 24.3 Å². The molecule has 0 unspecified atom stereocenters. The molecule has 4 heterocycles. The first-order valence-electron chi connectivity index (χ1n) is 16.6. The van der Waals surface area contributed by atoms with Crippen molar-refractivity contribution in [1.29, 1.82) is 0 Å². The number of urea groups is 2. The average Bonchev–Trinajstić information content (AvgIpc) is 3.27. The van der Waals surface area contributed by atoms with Crippen LogP contribution < -0.4 is 15.4 Å². The number of halogens is 1. The van der Waals surface area contributed by atoms with Gasteiger partial charge in [0.2, 0.25) is 5.91 Å². The first-order valence-corrected chi connectivity index (χ1v) is 17.4. The van der Waals surface area contributed by atoms with Gasteiger partial charge in [-0.05, 0) is 77.4 Å². The lowest BCUT2D eigenvalue weighted by Gasteiger charge is -2.42. The zero-order valence-electron chi connectivity index (χ0n) is 26.6. The highest BCUT2D eigenvalue weighted by Gasteiger charge is 2.35. The van der Waals surface area contributed by atoms with Crippen LogP contribution in [0.2, 0.25) is 0 Å². The van der Waals surface area contributed by atoms with Gasteiger partial charge in [-0.3, -0.25) is 14.5 Å². The van der Waals surface area contributed by atoms with Gasteiger partial charge in [0.05, 0.1) is 4.47 Å². The molecule has 5 amide bonds. The van der Waals surface area contributed by atoms with E-state index in [1.807, 2.05) is 40.1 Å². The Balaban J connectivity index is 1.08. The van der Waals surface area contributed by atoms with Crippen LogP contribution >= 0.6 is 15.9 Å². The molecule has 2 aromatic carbocycles. The van der Waals surface area contributed by atoms with Crippen molar-refractivity contribution in [3.63, 3.8) is 0 Å². The van der Waals surface area contributed by atoms with Gasteiger partial charge in [-0.2, -0.15) is 0 Å². The van der Waals surface area contributed by atoms with Gasteiger partial charge in [0.1, 0.15) is 11.8 Å². The fourth-order valence-corrected chi connectivity index (χ4v) is 7.71. The number of fused-ring (bicyclic) bond motifs is 1. The number of rotatable bonds is 8. The number of likely N-dealkylation sites (tertiary alicyclic amines) is 1. The fraction of sp³-hybridized carbons (Fsp3) is 0.529. The number of para-hydroxylation sites is 1. The largest absolute Gasteiger partial charge is 0.428 e. The van der Waals surface area contributed by atoms with Crippen molar-refractivity contribution in [2.75, 3.05) is 64.3 Å². The molecule has 0 saturated carbocycles. The molecule has 0 aromatic heterocycles. The van der Waals surface area contributed by atoms with Crippen LogP contribution in [0.15, 0.2) is 46.9 Å². The van der Waals surface area contributed by atoms with Crippen LogP contribution in [-0.4, -0.2) is 121 Å². The van der Waals surface area contributed by atoms with Crippen molar-refractivity contribution in [3.8, 4) is 5.75 Å². The minimum atomic E-state index is -0.769. The fourth-order valence-electron chi connectivity index (χ4n) is 7.19. The molecular weight excluding hydrogens is 668 g/mol. The maximum absolute atomic E-state index is 14.0. The number of carbonyl (C=O) groups excluding carboxylic acids is 4. The summed E-state index contributed by atoms with van der Waals surface area (Å²) < 4.78 is 11.1. The minimum absolute atomic E-state index is 0.0299. The summed E-state index contributed by atoms with van der Waals surface area (Å²) in [6.45, 7) is 6.32. The van der Waals surface area contributed by atoms with E-state index >= 15 is 0 Å². The maximum atomic E-state index is 14.0. The number of anilines is 1. The van der Waals surface area contributed by atoms with E-state index < -0.39 is 6.04 Å². The summed E-state index contributed by atoms with van der Waals surface area (Å²) in [4.78, 5) is 59.6. The van der Waals surface area contributed by atoms with E-state index in [1.165, 1.54) is 0 Å². The number of nitrogens with one attached hydrogen (secondary N) is 2. The number of amides is 5. The zero-order chi connectivity index (χ0) is 32.8. The molecule has 0 aliphatic carbocycles. The molecule has 12 nitrogen and oxygen atoms in total. The van der Waals surface area contributed by atoms with Gasteiger partial charge >= 0.3 is 12.1 Å². The number of piperazine rings is 1. The molecule has 0 bridgehead atoms. The third kappa shape index (κ3) is 8.07. The van der Waals surface area contributed by atoms with E-state index in [-0.39, 0.29) is 30.4 Å². The number of hydrogen-bond acceptors (Lipinski definition) is 7. The standard InChI is InChI=1S/C34H43BrN6O6/c35-28-21-24(5-6-31(28)47-23-42)22-30(32(43)39-17-15-38(16-18-39)26-10-19-46-20-11-26)37-33(44)40-12-8-27(9-13-40)41-14-7-25-3-1-2-4-29(25)36-34(41)45/h1-6,21,23,26-27,30H,7-20,22H2,(H,36,45)(H,37,44)/t30-/m1/s1. The predicted octanol–water partition coefficient (Wildman–Crippen LogP) is 3.48. The number of hydrogen-bond donors (Lipinski definition) is 2. The molecule has 47 heavy (non-hydrogen) atoms. The SMILES string of the molecule is O=COc1ccc(C[C@@H](NC(=O)N2CCC(N3CCc4ccccc4NC3=O)CC2)C(=O)N2CCN(C3CCOCC3)CC2)cc1Br. The molecule has 2 aromatic rings. The number of ether oxygens (including phenoxy) is 2. The van der Waals surface area contributed by atoms with Crippen molar-refractivity contribution in [3.05, 3.63) is 58.1 Å². The van der Waals surface area contributed by atoms with Crippen LogP contribution in [0.25, 0.3) is 0 Å². The van der Waals surface area contributed by atoms with Crippen LogP contribution in [0.4, 0.5) is 15.3 Å². The molecule has 4 aliphatic rings. The molecule has 2 N–H and O–H groups in total. The molecule has 1 atom stereocenters.